The van der Waals surface area contributed by atoms with Crippen molar-refractivity contribution in [1.29, 1.82) is 0 Å². The van der Waals surface area contributed by atoms with E-state index in [1.807, 2.05) is 0 Å². The number of ether oxygens (including phenoxy) is 2. The Morgan fingerprint density at radius 3 is 2.35 bits per heavy atom. The lowest BCUT2D eigenvalue weighted by Crippen LogP contribution is -2.08. The number of hydrogen-bond donors (Lipinski definition) is 1. The van der Waals surface area contributed by atoms with Crippen LogP contribution in [0.1, 0.15) is 21.0 Å². The van der Waals surface area contributed by atoms with Crippen LogP contribution in [0.25, 0.3) is 5.69 Å². The molecule has 0 aliphatic rings. The van der Waals surface area contributed by atoms with Gasteiger partial charge in [-0.1, -0.05) is 0 Å². The van der Waals surface area contributed by atoms with E-state index in [-0.39, 0.29) is 11.4 Å². The van der Waals surface area contributed by atoms with Gasteiger partial charge in [-0.3, -0.25) is 0 Å². The van der Waals surface area contributed by atoms with Crippen LogP contribution in [0.15, 0.2) is 30.3 Å². The maximum atomic E-state index is 11.4. The van der Waals surface area contributed by atoms with Crippen LogP contribution in [0.3, 0.4) is 0 Å². The second kappa shape index (κ2) is 5.43. The van der Waals surface area contributed by atoms with E-state index in [4.69, 9.17) is 9.84 Å². The highest BCUT2D eigenvalue weighted by Gasteiger charge is 2.20. The molecular formula is C13H12N2O5. The quantitative estimate of drug-likeness (QED) is 0.848. The average Bonchev–Trinajstić information content (AvgIpc) is 2.92. The van der Waals surface area contributed by atoms with Crippen molar-refractivity contribution in [1.82, 2.24) is 9.78 Å². The van der Waals surface area contributed by atoms with Gasteiger partial charge in [-0.2, -0.15) is 5.10 Å². The molecule has 0 fully saturated rings. The van der Waals surface area contributed by atoms with Gasteiger partial charge in [0.25, 0.3) is 0 Å². The molecule has 0 bridgehead atoms. The van der Waals surface area contributed by atoms with Crippen LogP contribution in [0.2, 0.25) is 0 Å². The highest BCUT2D eigenvalue weighted by atomic mass is 16.5. The zero-order chi connectivity index (χ0) is 14.7. The van der Waals surface area contributed by atoms with E-state index < -0.39 is 11.9 Å². The Labute approximate surface area is 114 Å². The number of rotatable bonds is 4. The molecule has 20 heavy (non-hydrogen) atoms. The topological polar surface area (TPSA) is 90.7 Å². The fraction of sp³-hybridized carbons (Fsp3) is 0.154. The van der Waals surface area contributed by atoms with Crippen LogP contribution in [-0.2, 0) is 4.74 Å². The van der Waals surface area contributed by atoms with Gasteiger partial charge in [0.15, 0.2) is 11.4 Å². The maximum absolute atomic E-state index is 11.4. The van der Waals surface area contributed by atoms with Crippen molar-refractivity contribution < 1.29 is 24.2 Å². The zero-order valence-corrected chi connectivity index (χ0v) is 10.9. The van der Waals surface area contributed by atoms with Crippen LogP contribution in [-0.4, -0.2) is 41.0 Å². The molecule has 2 aromatic rings. The number of carbonyl (C=O) groups excluding carboxylic acids is 1. The fourth-order valence-electron chi connectivity index (χ4n) is 1.66. The fourth-order valence-corrected chi connectivity index (χ4v) is 1.66. The summed E-state index contributed by atoms with van der Waals surface area (Å²) in [7, 11) is 2.73. The first kappa shape index (κ1) is 13.6. The van der Waals surface area contributed by atoms with Crippen molar-refractivity contribution in [2.24, 2.45) is 0 Å². The number of hydrogen-bond acceptors (Lipinski definition) is 5. The monoisotopic (exact) mass is 276 g/mol. The van der Waals surface area contributed by atoms with Crippen molar-refractivity contribution in [3.05, 3.63) is 41.7 Å². The van der Waals surface area contributed by atoms with E-state index in [2.05, 4.69) is 9.84 Å². The smallest absolute Gasteiger partial charge is 0.358 e. The molecule has 0 unspecified atom stereocenters. The lowest BCUT2D eigenvalue weighted by atomic mass is 10.3. The normalized spacial score (nSPS) is 10.1. The molecule has 0 aliphatic heterocycles. The van der Waals surface area contributed by atoms with E-state index in [0.29, 0.717) is 11.4 Å². The number of carboxylic acids is 1. The first-order valence-corrected chi connectivity index (χ1v) is 5.63. The second-order valence-corrected chi connectivity index (χ2v) is 3.82. The summed E-state index contributed by atoms with van der Waals surface area (Å²) in [5, 5.41) is 13.1. The molecule has 2 rings (SSSR count). The summed E-state index contributed by atoms with van der Waals surface area (Å²) in [6.45, 7) is 0. The summed E-state index contributed by atoms with van der Waals surface area (Å²) in [5.74, 6) is -1.26. The summed E-state index contributed by atoms with van der Waals surface area (Å²) >= 11 is 0. The van der Waals surface area contributed by atoms with Crippen LogP contribution in [0.4, 0.5) is 0 Å². The third kappa shape index (κ3) is 2.46. The largest absolute Gasteiger partial charge is 0.497 e. The highest BCUT2D eigenvalue weighted by Crippen LogP contribution is 2.17. The molecule has 0 spiro atoms. The second-order valence-electron chi connectivity index (χ2n) is 3.82. The van der Waals surface area contributed by atoms with Gasteiger partial charge in [-0.25, -0.2) is 14.3 Å². The van der Waals surface area contributed by atoms with Crippen molar-refractivity contribution in [2.45, 2.75) is 0 Å². The average molecular weight is 276 g/mol. The maximum Gasteiger partial charge on any atom is 0.358 e. The molecule has 1 heterocycles. The lowest BCUT2D eigenvalue weighted by molar-refractivity contribution is 0.0593. The van der Waals surface area contributed by atoms with Gasteiger partial charge in [-0.05, 0) is 24.3 Å². The van der Waals surface area contributed by atoms with Crippen molar-refractivity contribution in [3.63, 3.8) is 0 Å². The highest BCUT2D eigenvalue weighted by molar-refractivity contribution is 5.92. The minimum atomic E-state index is -1.19. The molecule has 7 nitrogen and oxygen atoms in total. The number of nitrogens with zero attached hydrogens (tertiary/aromatic N) is 2. The molecule has 1 aromatic carbocycles. The van der Waals surface area contributed by atoms with Gasteiger partial charge in [-0.15, -0.1) is 0 Å². The summed E-state index contributed by atoms with van der Waals surface area (Å²) in [6, 6.07) is 7.78. The Hall–Kier alpha value is -2.83. The van der Waals surface area contributed by atoms with Crippen LogP contribution in [0, 0.1) is 0 Å². The summed E-state index contributed by atoms with van der Waals surface area (Å²) in [4.78, 5) is 22.6. The lowest BCUT2D eigenvalue weighted by Gasteiger charge is -2.05. The van der Waals surface area contributed by atoms with Crippen LogP contribution in [0.5, 0.6) is 5.75 Å². The predicted octanol–water partition coefficient (Wildman–Crippen LogP) is 1.37. The molecule has 0 aliphatic carbocycles. The summed E-state index contributed by atoms with van der Waals surface area (Å²) < 4.78 is 10.7. The Balaban J connectivity index is 2.50. The van der Waals surface area contributed by atoms with E-state index >= 15 is 0 Å². The number of aromatic nitrogens is 2. The first-order chi connectivity index (χ1) is 9.56. The van der Waals surface area contributed by atoms with Gasteiger partial charge in [0.2, 0.25) is 0 Å². The van der Waals surface area contributed by atoms with Crippen molar-refractivity contribution in [2.75, 3.05) is 14.2 Å². The third-order valence-electron chi connectivity index (χ3n) is 2.64. The first-order valence-electron chi connectivity index (χ1n) is 5.63. The van der Waals surface area contributed by atoms with Gasteiger partial charge < -0.3 is 14.6 Å². The number of aromatic carboxylic acids is 1. The summed E-state index contributed by atoms with van der Waals surface area (Å²) in [5.41, 5.74) is 0.301. The van der Waals surface area contributed by atoms with E-state index in [1.54, 1.807) is 24.3 Å². The minimum absolute atomic E-state index is 0.0688. The zero-order valence-electron chi connectivity index (χ0n) is 10.9. The van der Waals surface area contributed by atoms with Crippen LogP contribution >= 0.6 is 0 Å². The Kier molecular flexibility index (Phi) is 3.69. The Morgan fingerprint density at radius 2 is 1.85 bits per heavy atom. The van der Waals surface area contributed by atoms with E-state index in [0.717, 1.165) is 4.68 Å². The molecule has 1 aromatic heterocycles. The number of carbonyl (C=O) groups is 2. The molecule has 0 amide bonds. The van der Waals surface area contributed by atoms with E-state index in [9.17, 15) is 9.59 Å². The van der Waals surface area contributed by atoms with Crippen molar-refractivity contribution >= 4 is 11.9 Å². The molecule has 1 N–H and O–H groups in total. The molecular weight excluding hydrogens is 264 g/mol. The molecule has 0 saturated heterocycles. The number of benzene rings is 1. The van der Waals surface area contributed by atoms with Gasteiger partial charge in [0.1, 0.15) is 5.75 Å². The number of esters is 1. The van der Waals surface area contributed by atoms with E-state index in [1.165, 1.54) is 20.3 Å². The third-order valence-corrected chi connectivity index (χ3v) is 2.64. The minimum Gasteiger partial charge on any atom is -0.497 e. The SMILES string of the molecule is COC(=O)c1cc(C(=O)O)n(-c2ccc(OC)cc2)n1. The van der Waals surface area contributed by atoms with Crippen LogP contribution < -0.4 is 4.74 Å². The summed E-state index contributed by atoms with van der Waals surface area (Å²) in [6.07, 6.45) is 0. The predicted molar refractivity (Wildman–Crippen MR) is 68.4 cm³/mol. The molecule has 0 saturated carbocycles. The Morgan fingerprint density at radius 1 is 1.20 bits per heavy atom. The van der Waals surface area contributed by atoms with Gasteiger partial charge in [0.05, 0.1) is 19.9 Å². The standard InChI is InChI=1S/C13H12N2O5/c1-19-9-5-3-8(4-6-9)15-11(12(16)17)7-10(14-15)13(18)20-2/h3-7H,1-2H3,(H,16,17). The number of carboxylic acid groups (broad SMARTS) is 1. The Bertz CT molecular complexity index is 645. The molecule has 0 atom stereocenters. The van der Waals surface area contributed by atoms with Gasteiger partial charge >= 0.3 is 11.9 Å². The number of methoxy groups -OCH3 is 2. The molecule has 7 heteroatoms. The molecule has 104 valence electrons. The van der Waals surface area contributed by atoms with Gasteiger partial charge in [0, 0.05) is 6.07 Å². The van der Waals surface area contributed by atoms with Crippen molar-refractivity contribution in [3.8, 4) is 11.4 Å². The molecule has 0 radical (unpaired) electrons.